The zero-order valence-corrected chi connectivity index (χ0v) is 4.85. The van der Waals surface area contributed by atoms with E-state index in [-0.39, 0.29) is 0 Å². The number of hydrogen-bond donors (Lipinski definition) is 0. The topological polar surface area (TPSA) is 15.1 Å². The van der Waals surface area contributed by atoms with Crippen LogP contribution in [0.3, 0.4) is 0 Å². The summed E-state index contributed by atoms with van der Waals surface area (Å²) in [5, 5.41) is 1.64. The second kappa shape index (κ2) is 3.84. The van der Waals surface area contributed by atoms with Gasteiger partial charge in [-0.05, 0) is 5.06 Å². The summed E-state index contributed by atoms with van der Waals surface area (Å²) in [6, 6.07) is 0. The van der Waals surface area contributed by atoms with Crippen LogP contribution in [0, 0.1) is 0 Å². The van der Waals surface area contributed by atoms with Gasteiger partial charge in [0.05, 0.1) is 0 Å². The highest BCUT2D eigenvalue weighted by molar-refractivity contribution is 4.62. The molecule has 7 heavy (non-hydrogen) atoms. The van der Waals surface area contributed by atoms with Crippen LogP contribution in [0.4, 0.5) is 0 Å². The van der Waals surface area contributed by atoms with Crippen molar-refractivity contribution in [3.8, 4) is 0 Å². The summed E-state index contributed by atoms with van der Waals surface area (Å²) in [6.07, 6.45) is 1.71. The maximum atomic E-state index is 4.91. The first-order valence-electron chi connectivity index (χ1n) is 2.18. The van der Waals surface area contributed by atoms with Crippen molar-refractivity contribution in [1.29, 1.82) is 0 Å². The average molecular weight is 101 g/mol. The van der Waals surface area contributed by atoms with Gasteiger partial charge in [-0.3, -0.25) is 0 Å². The van der Waals surface area contributed by atoms with Crippen LogP contribution in [0.25, 0.3) is 0 Å². The largest absolute Gasteiger partial charge is 0.149 e. The zero-order valence-electron chi connectivity index (χ0n) is 4.85. The fourth-order valence-corrected chi connectivity index (χ4v) is 0.202. The van der Waals surface area contributed by atoms with Gasteiger partial charge < -0.3 is 0 Å². The lowest BCUT2D eigenvalue weighted by molar-refractivity contribution is -0.0172. The molecular weight excluding hydrogens is 90.1 g/mol. The van der Waals surface area contributed by atoms with Crippen LogP contribution >= 0.6 is 0 Å². The minimum atomic E-state index is 0.590. The first-order valence-corrected chi connectivity index (χ1v) is 2.18. The minimum Gasteiger partial charge on any atom is -0.145 e. The van der Waals surface area contributed by atoms with Gasteiger partial charge >= 0.3 is 0 Å². The van der Waals surface area contributed by atoms with Crippen molar-refractivity contribution in [3.63, 3.8) is 0 Å². The first kappa shape index (κ1) is 6.66. The monoisotopic (exact) mass is 101 g/mol. The fraction of sp³-hybridized carbons (Fsp3) is 0.600. The van der Waals surface area contributed by atoms with Crippen LogP contribution in [0.15, 0.2) is 12.7 Å². The number of rotatable bonds is 3. The molecule has 0 bridgehead atoms. The molecule has 2 heteroatoms. The fourth-order valence-electron chi connectivity index (χ4n) is 0.202. The van der Waals surface area contributed by atoms with Gasteiger partial charge in [-0.2, -0.15) is 0 Å². The van der Waals surface area contributed by atoms with Crippen LogP contribution < -0.4 is 5.06 Å². The van der Waals surface area contributed by atoms with E-state index in [2.05, 4.69) is 6.58 Å². The molecule has 0 heterocycles. The molecule has 0 aromatic carbocycles. The molecule has 0 aliphatic heterocycles. The summed E-state index contributed by atoms with van der Waals surface area (Å²) in [4.78, 5) is 4.91. The molecule has 0 amide bonds. The second-order valence-corrected chi connectivity index (χ2v) is 1.40. The molecular formula is C5H11NO+. The highest BCUT2D eigenvalue weighted by atomic mass is 16.7. The maximum Gasteiger partial charge on any atom is 0.149 e. The Bertz CT molecular complexity index is 52.0. The number of nitrogens with zero attached hydrogens (tertiary/aromatic N) is 1. The smallest absolute Gasteiger partial charge is 0.145 e. The highest BCUT2D eigenvalue weighted by Crippen LogP contribution is 1.71. The van der Waals surface area contributed by atoms with E-state index < -0.39 is 0 Å². The molecule has 0 fully saturated rings. The predicted octanol–water partition coefficient (Wildman–Crippen LogP) is 0.504. The van der Waals surface area contributed by atoms with Crippen molar-refractivity contribution in [3.05, 3.63) is 12.7 Å². The molecule has 0 aromatic rings. The molecule has 0 rings (SSSR count). The van der Waals surface area contributed by atoms with Crippen molar-refractivity contribution >= 4 is 0 Å². The third kappa shape index (κ3) is 5.66. The van der Waals surface area contributed by atoms with Crippen LogP contribution in [-0.4, -0.2) is 20.7 Å². The van der Waals surface area contributed by atoms with Gasteiger partial charge in [0.15, 0.2) is 0 Å². The quantitative estimate of drug-likeness (QED) is 0.287. The van der Waals surface area contributed by atoms with Crippen LogP contribution in [-0.2, 0) is 4.84 Å². The number of hydrogen-bond acceptors (Lipinski definition) is 2. The maximum absolute atomic E-state index is 4.91. The average Bonchev–Trinajstić information content (AvgIpc) is 1.61. The highest BCUT2D eigenvalue weighted by Gasteiger charge is 1.92. The standard InChI is InChI=1S/C5H11NO/c1-4-5-7-6(2)3/h4H,1,5H2,2-3H3/q+1. The van der Waals surface area contributed by atoms with E-state index in [9.17, 15) is 0 Å². The Hall–Kier alpha value is -0.340. The predicted molar refractivity (Wildman–Crippen MR) is 30.1 cm³/mol. The molecule has 2 nitrogen and oxygen atoms in total. The third-order valence-electron chi connectivity index (χ3n) is 0.451. The van der Waals surface area contributed by atoms with Crippen LogP contribution in [0.1, 0.15) is 0 Å². The van der Waals surface area contributed by atoms with E-state index in [0.29, 0.717) is 6.61 Å². The van der Waals surface area contributed by atoms with Gasteiger partial charge in [0, 0.05) is 0 Å². The Morgan fingerprint density at radius 2 is 2.29 bits per heavy atom. The molecule has 0 unspecified atom stereocenters. The molecule has 41 valence electrons. The lowest BCUT2D eigenvalue weighted by Gasteiger charge is -1.92. The molecule has 0 aromatic heterocycles. The molecule has 0 aliphatic rings. The van der Waals surface area contributed by atoms with E-state index in [1.165, 1.54) is 0 Å². The summed E-state index contributed by atoms with van der Waals surface area (Å²) in [6.45, 7) is 4.07. The number of hydroxylamine groups is 2. The molecule has 0 saturated heterocycles. The third-order valence-corrected chi connectivity index (χ3v) is 0.451. The Labute approximate surface area is 44.3 Å². The van der Waals surface area contributed by atoms with E-state index in [1.54, 1.807) is 11.1 Å². The molecule has 0 saturated carbocycles. The molecule has 0 atom stereocenters. The summed E-state index contributed by atoms with van der Waals surface area (Å²) >= 11 is 0. The normalized spacial score (nSPS) is 9.57. The van der Waals surface area contributed by atoms with Crippen LogP contribution in [0.5, 0.6) is 0 Å². The SMILES string of the molecule is C=CCO[N+](C)C. The van der Waals surface area contributed by atoms with Crippen molar-refractivity contribution < 1.29 is 4.84 Å². The van der Waals surface area contributed by atoms with Crippen molar-refractivity contribution in [2.75, 3.05) is 20.7 Å². The molecule has 1 radical (unpaired) electrons. The van der Waals surface area contributed by atoms with Gasteiger partial charge in [0.2, 0.25) is 0 Å². The molecule has 0 N–H and O–H groups in total. The van der Waals surface area contributed by atoms with Crippen molar-refractivity contribution in [2.24, 2.45) is 0 Å². The first-order chi connectivity index (χ1) is 3.27. The lowest BCUT2D eigenvalue weighted by atomic mass is 10.7. The molecule has 0 spiro atoms. The van der Waals surface area contributed by atoms with Crippen molar-refractivity contribution in [1.82, 2.24) is 5.06 Å². The minimum absolute atomic E-state index is 0.590. The molecule has 0 aliphatic carbocycles. The van der Waals surface area contributed by atoms with E-state index >= 15 is 0 Å². The Morgan fingerprint density at radius 1 is 1.71 bits per heavy atom. The van der Waals surface area contributed by atoms with Gasteiger partial charge in [-0.25, -0.2) is 0 Å². The van der Waals surface area contributed by atoms with Gasteiger partial charge in [-0.1, -0.05) is 6.08 Å². The summed E-state index contributed by atoms with van der Waals surface area (Å²) in [5.74, 6) is 0. The van der Waals surface area contributed by atoms with E-state index in [0.717, 1.165) is 0 Å². The van der Waals surface area contributed by atoms with Gasteiger partial charge in [-0.15, -0.1) is 11.4 Å². The zero-order chi connectivity index (χ0) is 5.70. The van der Waals surface area contributed by atoms with E-state index in [4.69, 9.17) is 4.84 Å². The van der Waals surface area contributed by atoms with Gasteiger partial charge in [0.25, 0.3) is 0 Å². The summed E-state index contributed by atoms with van der Waals surface area (Å²) in [5.41, 5.74) is 0. The Balaban J connectivity index is 2.81. The van der Waals surface area contributed by atoms with E-state index in [1.807, 2.05) is 14.1 Å². The summed E-state index contributed by atoms with van der Waals surface area (Å²) < 4.78 is 0. The Kier molecular flexibility index (Phi) is 3.65. The lowest BCUT2D eigenvalue weighted by Crippen LogP contribution is -2.18. The van der Waals surface area contributed by atoms with Crippen LogP contribution in [0.2, 0.25) is 0 Å². The second-order valence-electron chi connectivity index (χ2n) is 1.40. The van der Waals surface area contributed by atoms with Crippen molar-refractivity contribution in [2.45, 2.75) is 0 Å². The summed E-state index contributed by atoms with van der Waals surface area (Å²) in [7, 11) is 3.67. The Morgan fingerprint density at radius 3 is 2.43 bits per heavy atom. The van der Waals surface area contributed by atoms with Gasteiger partial charge in [0.1, 0.15) is 20.7 Å².